The summed E-state index contributed by atoms with van der Waals surface area (Å²) in [5.74, 6) is 0. The molecule has 1 saturated heterocycles. The molecular weight excluding hydrogens is 304 g/mol. The van der Waals surface area contributed by atoms with Crippen LogP contribution < -0.4 is 11.2 Å². The van der Waals surface area contributed by atoms with E-state index in [2.05, 4.69) is 20.9 Å². The van der Waals surface area contributed by atoms with Crippen LogP contribution in [0.5, 0.6) is 0 Å². The van der Waals surface area contributed by atoms with Crippen LogP contribution in [-0.4, -0.2) is 27.4 Å². The number of hydrogen-bond donors (Lipinski definition) is 2. The molecule has 7 heteroatoms. The van der Waals surface area contributed by atoms with Crippen molar-refractivity contribution >= 4 is 15.9 Å². The Kier molecular flexibility index (Phi) is 3.84. The Morgan fingerprint density at radius 1 is 1.67 bits per heavy atom. The lowest BCUT2D eigenvalue weighted by atomic mass is 10.1. The van der Waals surface area contributed by atoms with Crippen LogP contribution in [0.1, 0.15) is 12.8 Å². The molecule has 1 aliphatic heterocycles. The highest BCUT2D eigenvalue weighted by Gasteiger charge is 2.40. The highest BCUT2D eigenvalue weighted by Crippen LogP contribution is 2.35. The molecule has 2 atom stereocenters. The Labute approximate surface area is 111 Å². The molecule has 1 aromatic heterocycles. The van der Waals surface area contributed by atoms with Crippen LogP contribution in [0.15, 0.2) is 32.9 Å². The summed E-state index contributed by atoms with van der Waals surface area (Å²) in [4.78, 5) is 26.7. The number of halogens is 1. The third-order valence-corrected chi connectivity index (χ3v) is 3.22. The first-order valence-electron chi connectivity index (χ1n) is 5.50. The van der Waals surface area contributed by atoms with Gasteiger partial charge in [-0.05, 0) is 17.5 Å². The van der Waals surface area contributed by atoms with Gasteiger partial charge in [-0.25, -0.2) is 4.79 Å². The normalized spacial score (nSPS) is 28.0. The number of hydrogen-bond acceptors (Lipinski definition) is 4. The summed E-state index contributed by atoms with van der Waals surface area (Å²) in [7, 11) is 0. The molecule has 0 aromatic carbocycles. The maximum atomic E-state index is 11.8. The zero-order valence-electron chi connectivity index (χ0n) is 9.51. The first-order chi connectivity index (χ1) is 8.61. The Morgan fingerprint density at radius 3 is 3.00 bits per heavy atom. The number of aromatic amines is 1. The summed E-state index contributed by atoms with van der Waals surface area (Å²) in [6.45, 7) is -0.101. The zero-order valence-corrected chi connectivity index (χ0v) is 11.1. The van der Waals surface area contributed by atoms with Crippen molar-refractivity contribution in [3.8, 4) is 0 Å². The third-order valence-electron chi connectivity index (χ3n) is 2.95. The minimum absolute atomic E-state index is 0.101. The molecular formula is C11H13BrN2O4. The number of aliphatic hydroxyl groups is 1. The van der Waals surface area contributed by atoms with Crippen molar-refractivity contribution in [2.24, 2.45) is 0 Å². The fraction of sp³-hybridized carbons (Fsp3) is 0.455. The van der Waals surface area contributed by atoms with Gasteiger partial charge in [0.05, 0.1) is 12.7 Å². The quantitative estimate of drug-likeness (QED) is 0.838. The van der Waals surface area contributed by atoms with E-state index in [0.717, 1.165) is 0 Å². The summed E-state index contributed by atoms with van der Waals surface area (Å²) < 4.78 is 7.04. The van der Waals surface area contributed by atoms with Crippen molar-refractivity contribution in [1.82, 2.24) is 9.55 Å². The van der Waals surface area contributed by atoms with E-state index in [-0.39, 0.29) is 12.7 Å². The summed E-state index contributed by atoms with van der Waals surface area (Å²) in [5.41, 5.74) is -1.95. The van der Waals surface area contributed by atoms with Gasteiger partial charge in [0, 0.05) is 18.7 Å². The number of aromatic nitrogens is 2. The highest BCUT2D eigenvalue weighted by atomic mass is 79.9. The lowest BCUT2D eigenvalue weighted by Gasteiger charge is -2.27. The number of aliphatic hydroxyl groups excluding tert-OH is 1. The second-order valence-electron chi connectivity index (χ2n) is 4.08. The molecule has 0 saturated carbocycles. The average Bonchev–Trinajstić information content (AvgIpc) is 2.74. The van der Waals surface area contributed by atoms with Gasteiger partial charge in [0.2, 0.25) is 0 Å². The van der Waals surface area contributed by atoms with Crippen molar-refractivity contribution in [3.63, 3.8) is 0 Å². The maximum absolute atomic E-state index is 11.8. The van der Waals surface area contributed by atoms with E-state index in [1.807, 2.05) is 0 Å². The summed E-state index contributed by atoms with van der Waals surface area (Å²) >= 11 is 3.16. The molecule has 0 bridgehead atoms. The van der Waals surface area contributed by atoms with E-state index in [1.165, 1.54) is 16.8 Å². The van der Waals surface area contributed by atoms with E-state index in [0.29, 0.717) is 12.8 Å². The van der Waals surface area contributed by atoms with Gasteiger partial charge in [-0.3, -0.25) is 14.3 Å². The zero-order chi connectivity index (χ0) is 13.2. The Balaban J connectivity index is 2.49. The largest absolute Gasteiger partial charge is 0.394 e. The topological polar surface area (TPSA) is 84.3 Å². The van der Waals surface area contributed by atoms with Gasteiger partial charge >= 0.3 is 5.69 Å². The molecule has 2 N–H and O–H groups in total. The third kappa shape index (κ3) is 2.33. The molecule has 2 heterocycles. The van der Waals surface area contributed by atoms with E-state index >= 15 is 0 Å². The number of H-pyrrole nitrogens is 1. The molecule has 0 aliphatic carbocycles. The van der Waals surface area contributed by atoms with Crippen molar-refractivity contribution in [1.29, 1.82) is 0 Å². The Hall–Kier alpha value is -1.18. The van der Waals surface area contributed by atoms with Crippen molar-refractivity contribution in [3.05, 3.63) is 44.2 Å². The highest BCUT2D eigenvalue weighted by molar-refractivity contribution is 9.11. The molecule has 2 rings (SSSR count). The van der Waals surface area contributed by atoms with E-state index in [9.17, 15) is 9.59 Å². The number of ether oxygens (including phenoxy) is 1. The molecule has 0 radical (unpaired) electrons. The van der Waals surface area contributed by atoms with Crippen LogP contribution >= 0.6 is 15.9 Å². The second kappa shape index (κ2) is 5.21. The van der Waals surface area contributed by atoms with Gasteiger partial charge in [0.15, 0.2) is 5.72 Å². The molecule has 0 spiro atoms. The van der Waals surface area contributed by atoms with Crippen LogP contribution in [0.4, 0.5) is 0 Å². The summed E-state index contributed by atoms with van der Waals surface area (Å²) in [5, 5.41) is 9.12. The molecule has 1 aromatic rings. The van der Waals surface area contributed by atoms with Gasteiger partial charge in [-0.2, -0.15) is 0 Å². The lowest BCUT2D eigenvalue weighted by molar-refractivity contribution is -0.0793. The smallest absolute Gasteiger partial charge is 0.330 e. The fourth-order valence-electron chi connectivity index (χ4n) is 2.10. The maximum Gasteiger partial charge on any atom is 0.330 e. The van der Waals surface area contributed by atoms with Gasteiger partial charge in [0.25, 0.3) is 5.56 Å². The average molecular weight is 317 g/mol. The summed E-state index contributed by atoms with van der Waals surface area (Å²) in [6, 6.07) is 1.26. The predicted molar refractivity (Wildman–Crippen MR) is 68.6 cm³/mol. The van der Waals surface area contributed by atoms with Gasteiger partial charge in [-0.1, -0.05) is 15.9 Å². The van der Waals surface area contributed by atoms with E-state index in [4.69, 9.17) is 9.84 Å². The second-order valence-corrected chi connectivity index (χ2v) is 4.61. The fourth-order valence-corrected chi connectivity index (χ4v) is 2.51. The van der Waals surface area contributed by atoms with Crippen LogP contribution in [0, 0.1) is 0 Å². The standard InChI is InChI=1S/C11H13BrN2O4/c12-5-4-11(3-1-8(7-15)18-11)14-6-2-9(16)13-10(14)17/h2,4-6,8,15H,1,3,7H2,(H,13,16,17)/t8-,11-/m0/s1. The molecule has 0 unspecified atom stereocenters. The van der Waals surface area contributed by atoms with Crippen LogP contribution in [0.3, 0.4) is 0 Å². The molecule has 6 nitrogen and oxygen atoms in total. The SMILES string of the molecule is O=c1ccn([C@@]2(C=CBr)CC[C@@H](CO)O2)c(=O)[nH]1. The van der Waals surface area contributed by atoms with Crippen molar-refractivity contribution in [2.45, 2.75) is 24.7 Å². The van der Waals surface area contributed by atoms with E-state index in [1.54, 1.807) is 11.1 Å². The van der Waals surface area contributed by atoms with E-state index < -0.39 is 17.0 Å². The van der Waals surface area contributed by atoms with Gasteiger partial charge in [-0.15, -0.1) is 0 Å². The van der Waals surface area contributed by atoms with Gasteiger partial charge in [0.1, 0.15) is 0 Å². The first kappa shape index (κ1) is 13.3. The van der Waals surface area contributed by atoms with Crippen LogP contribution in [0.25, 0.3) is 0 Å². The minimum atomic E-state index is -0.960. The van der Waals surface area contributed by atoms with Crippen molar-refractivity contribution < 1.29 is 9.84 Å². The predicted octanol–water partition coefficient (Wildman–Crippen LogP) is 0.269. The Bertz CT molecular complexity index is 565. The Morgan fingerprint density at radius 2 is 2.44 bits per heavy atom. The van der Waals surface area contributed by atoms with Crippen LogP contribution in [0.2, 0.25) is 0 Å². The van der Waals surface area contributed by atoms with Crippen molar-refractivity contribution in [2.75, 3.05) is 6.61 Å². The lowest BCUT2D eigenvalue weighted by Crippen LogP contribution is -2.42. The molecule has 98 valence electrons. The molecule has 1 fully saturated rings. The van der Waals surface area contributed by atoms with Crippen LogP contribution in [-0.2, 0) is 10.5 Å². The molecule has 1 aliphatic rings. The molecule has 18 heavy (non-hydrogen) atoms. The molecule has 0 amide bonds. The first-order valence-corrected chi connectivity index (χ1v) is 6.42. The monoisotopic (exact) mass is 316 g/mol. The minimum Gasteiger partial charge on any atom is -0.394 e. The van der Waals surface area contributed by atoms with Gasteiger partial charge < -0.3 is 9.84 Å². The number of nitrogens with one attached hydrogen (secondary N) is 1. The number of nitrogens with zero attached hydrogens (tertiary/aromatic N) is 1. The summed E-state index contributed by atoms with van der Waals surface area (Å²) in [6.07, 6.45) is 3.95. The number of rotatable bonds is 3.